The molecule has 102 valence electrons. The predicted octanol–water partition coefficient (Wildman–Crippen LogP) is 3.12. The molecule has 0 aromatic heterocycles. The van der Waals surface area contributed by atoms with Gasteiger partial charge >= 0.3 is 6.18 Å². The predicted molar refractivity (Wildman–Crippen MR) is 60.9 cm³/mol. The van der Waals surface area contributed by atoms with Crippen LogP contribution in [-0.2, 0) is 4.74 Å². The third-order valence-electron chi connectivity index (χ3n) is 3.25. The molecule has 0 heterocycles. The van der Waals surface area contributed by atoms with Crippen LogP contribution in [0.3, 0.4) is 0 Å². The van der Waals surface area contributed by atoms with Crippen LogP contribution in [-0.4, -0.2) is 32.0 Å². The van der Waals surface area contributed by atoms with Crippen LogP contribution >= 0.6 is 0 Å². The van der Waals surface area contributed by atoms with Gasteiger partial charge in [-0.05, 0) is 25.3 Å². The van der Waals surface area contributed by atoms with E-state index in [-0.39, 0.29) is 12.6 Å². The lowest BCUT2D eigenvalue weighted by Gasteiger charge is -2.30. The van der Waals surface area contributed by atoms with Crippen molar-refractivity contribution in [1.82, 2.24) is 5.32 Å². The lowest BCUT2D eigenvalue weighted by atomic mass is 9.84. The molecule has 1 aliphatic rings. The molecule has 0 amide bonds. The monoisotopic (exact) mass is 253 g/mol. The van der Waals surface area contributed by atoms with E-state index in [2.05, 4.69) is 5.32 Å². The fourth-order valence-corrected chi connectivity index (χ4v) is 2.46. The summed E-state index contributed by atoms with van der Waals surface area (Å²) in [7, 11) is 0. The van der Waals surface area contributed by atoms with Gasteiger partial charge in [0.25, 0.3) is 0 Å². The van der Waals surface area contributed by atoms with Gasteiger partial charge in [0.15, 0.2) is 0 Å². The van der Waals surface area contributed by atoms with Crippen LogP contribution < -0.4 is 5.32 Å². The van der Waals surface area contributed by atoms with E-state index in [1.807, 2.05) is 6.92 Å². The Morgan fingerprint density at radius 3 is 2.41 bits per heavy atom. The minimum Gasteiger partial charge on any atom is -0.370 e. The van der Waals surface area contributed by atoms with Crippen molar-refractivity contribution in [3.63, 3.8) is 0 Å². The highest BCUT2D eigenvalue weighted by Crippen LogP contribution is 2.27. The lowest BCUT2D eigenvalue weighted by molar-refractivity contribution is -0.176. The summed E-state index contributed by atoms with van der Waals surface area (Å²) in [5.74, 6) is 0.469. The van der Waals surface area contributed by atoms with E-state index in [1.54, 1.807) is 0 Å². The summed E-state index contributed by atoms with van der Waals surface area (Å²) in [5, 5.41) is 3.25. The zero-order valence-electron chi connectivity index (χ0n) is 10.4. The number of alkyl halides is 3. The van der Waals surface area contributed by atoms with Crippen molar-refractivity contribution in [1.29, 1.82) is 0 Å². The van der Waals surface area contributed by atoms with Crippen LogP contribution in [0.4, 0.5) is 13.2 Å². The molecule has 1 N–H and O–H groups in total. The number of hydrogen-bond acceptors (Lipinski definition) is 2. The summed E-state index contributed by atoms with van der Waals surface area (Å²) >= 11 is 0. The Morgan fingerprint density at radius 2 is 1.88 bits per heavy atom. The van der Waals surface area contributed by atoms with Crippen LogP contribution in [0.5, 0.6) is 0 Å². The number of halogens is 3. The minimum atomic E-state index is -4.22. The lowest BCUT2D eigenvalue weighted by Crippen LogP contribution is -2.41. The molecule has 1 aliphatic carbocycles. The minimum absolute atomic E-state index is 0.0719. The molecule has 1 rings (SSSR count). The number of ether oxygens (including phenoxy) is 1. The second kappa shape index (κ2) is 7.21. The number of nitrogens with one attached hydrogen (secondary N) is 1. The first-order chi connectivity index (χ1) is 8.03. The Labute approximate surface area is 101 Å². The van der Waals surface area contributed by atoms with E-state index in [1.165, 1.54) is 19.3 Å². The third-order valence-corrected chi connectivity index (χ3v) is 3.25. The number of rotatable bonds is 6. The van der Waals surface area contributed by atoms with Crippen molar-refractivity contribution in [2.45, 2.75) is 51.2 Å². The molecule has 0 saturated heterocycles. The summed E-state index contributed by atoms with van der Waals surface area (Å²) in [6.07, 6.45) is 1.61. The Bertz CT molecular complexity index is 202. The van der Waals surface area contributed by atoms with Gasteiger partial charge in [-0.2, -0.15) is 13.2 Å². The van der Waals surface area contributed by atoms with Crippen molar-refractivity contribution >= 4 is 0 Å². The second-order valence-electron chi connectivity index (χ2n) is 4.69. The highest BCUT2D eigenvalue weighted by Gasteiger charge is 2.29. The summed E-state index contributed by atoms with van der Waals surface area (Å²) in [6.45, 7) is 1.77. The molecule has 2 nitrogen and oxygen atoms in total. The Hall–Kier alpha value is -0.290. The van der Waals surface area contributed by atoms with Gasteiger partial charge in [0, 0.05) is 6.04 Å². The normalized spacial score (nSPS) is 20.5. The number of hydrogen-bond donors (Lipinski definition) is 1. The SMILES string of the molecule is CCNC(COCC(F)(F)F)C1CCCCC1. The van der Waals surface area contributed by atoms with Crippen LogP contribution in [0.25, 0.3) is 0 Å². The summed E-state index contributed by atoms with van der Waals surface area (Å²) < 4.78 is 40.7. The van der Waals surface area contributed by atoms with Gasteiger partial charge in [-0.25, -0.2) is 0 Å². The average molecular weight is 253 g/mol. The van der Waals surface area contributed by atoms with Gasteiger partial charge in [-0.1, -0.05) is 26.2 Å². The molecule has 5 heteroatoms. The van der Waals surface area contributed by atoms with E-state index in [4.69, 9.17) is 4.74 Å². The molecule has 1 saturated carbocycles. The van der Waals surface area contributed by atoms with Crippen molar-refractivity contribution in [3.05, 3.63) is 0 Å². The van der Waals surface area contributed by atoms with Gasteiger partial charge in [0.05, 0.1) is 6.61 Å². The highest BCUT2D eigenvalue weighted by atomic mass is 19.4. The van der Waals surface area contributed by atoms with E-state index in [0.717, 1.165) is 19.4 Å². The highest BCUT2D eigenvalue weighted by molar-refractivity contribution is 4.79. The molecule has 1 unspecified atom stereocenters. The third kappa shape index (κ3) is 6.27. The van der Waals surface area contributed by atoms with Crippen LogP contribution in [0, 0.1) is 5.92 Å². The molecule has 0 bridgehead atoms. The maximum Gasteiger partial charge on any atom is 0.411 e. The molecule has 0 spiro atoms. The Kier molecular flexibility index (Phi) is 6.27. The first-order valence-corrected chi connectivity index (χ1v) is 6.41. The summed E-state index contributed by atoms with van der Waals surface area (Å²) in [6, 6.07) is 0.0719. The van der Waals surface area contributed by atoms with Crippen molar-refractivity contribution in [3.8, 4) is 0 Å². The van der Waals surface area contributed by atoms with Gasteiger partial charge in [0.2, 0.25) is 0 Å². The topological polar surface area (TPSA) is 21.3 Å². The molecular weight excluding hydrogens is 231 g/mol. The molecule has 1 fully saturated rings. The standard InChI is InChI=1S/C12H22F3NO/c1-2-16-11(8-17-9-12(13,14)15)10-6-4-3-5-7-10/h10-11,16H,2-9H2,1H3. The fraction of sp³-hybridized carbons (Fsp3) is 1.00. The van der Waals surface area contributed by atoms with Gasteiger partial charge in [-0.15, -0.1) is 0 Å². The summed E-state index contributed by atoms with van der Waals surface area (Å²) in [4.78, 5) is 0. The maximum absolute atomic E-state index is 12.0. The molecule has 0 aliphatic heterocycles. The zero-order chi connectivity index (χ0) is 12.7. The van der Waals surface area contributed by atoms with Gasteiger partial charge in [-0.3, -0.25) is 0 Å². The Balaban J connectivity index is 2.31. The first kappa shape index (κ1) is 14.8. The van der Waals surface area contributed by atoms with Crippen molar-refractivity contribution < 1.29 is 17.9 Å². The molecule has 17 heavy (non-hydrogen) atoms. The molecule has 0 aromatic carbocycles. The van der Waals surface area contributed by atoms with E-state index in [9.17, 15) is 13.2 Å². The van der Waals surface area contributed by atoms with Crippen LogP contribution in [0.1, 0.15) is 39.0 Å². The average Bonchev–Trinajstić information content (AvgIpc) is 2.27. The Morgan fingerprint density at radius 1 is 1.24 bits per heavy atom. The van der Waals surface area contributed by atoms with E-state index < -0.39 is 12.8 Å². The first-order valence-electron chi connectivity index (χ1n) is 6.41. The van der Waals surface area contributed by atoms with Gasteiger partial charge in [0.1, 0.15) is 6.61 Å². The summed E-state index contributed by atoms with van der Waals surface area (Å²) in [5.41, 5.74) is 0. The van der Waals surface area contributed by atoms with E-state index >= 15 is 0 Å². The fourth-order valence-electron chi connectivity index (χ4n) is 2.46. The molecular formula is C12H22F3NO. The zero-order valence-corrected chi connectivity index (χ0v) is 10.4. The van der Waals surface area contributed by atoms with Crippen LogP contribution in [0.2, 0.25) is 0 Å². The quantitative estimate of drug-likeness (QED) is 0.785. The van der Waals surface area contributed by atoms with Crippen molar-refractivity contribution in [2.75, 3.05) is 19.8 Å². The molecule has 0 aromatic rings. The second-order valence-corrected chi connectivity index (χ2v) is 4.69. The van der Waals surface area contributed by atoms with Crippen molar-refractivity contribution in [2.24, 2.45) is 5.92 Å². The smallest absolute Gasteiger partial charge is 0.370 e. The molecule has 1 atom stereocenters. The number of likely N-dealkylation sites (N-methyl/N-ethyl adjacent to an activating group) is 1. The van der Waals surface area contributed by atoms with Crippen LogP contribution in [0.15, 0.2) is 0 Å². The largest absolute Gasteiger partial charge is 0.411 e. The van der Waals surface area contributed by atoms with Gasteiger partial charge < -0.3 is 10.1 Å². The van der Waals surface area contributed by atoms with E-state index in [0.29, 0.717) is 5.92 Å². The maximum atomic E-state index is 12.0. The molecule has 0 radical (unpaired) electrons.